The molecule has 1 aromatic rings. The van der Waals surface area contributed by atoms with Crippen LogP contribution >= 0.6 is 0 Å². The van der Waals surface area contributed by atoms with Crippen LogP contribution < -0.4 is 0 Å². The fourth-order valence-corrected chi connectivity index (χ4v) is 4.73. The van der Waals surface area contributed by atoms with Crippen molar-refractivity contribution >= 4 is 11.8 Å². The molecule has 2 saturated heterocycles. The summed E-state index contributed by atoms with van der Waals surface area (Å²) in [5.41, 5.74) is 2.12. The zero-order valence-electron chi connectivity index (χ0n) is 17.1. The second-order valence-electron chi connectivity index (χ2n) is 8.55. The van der Waals surface area contributed by atoms with Crippen LogP contribution in [0.15, 0.2) is 6.20 Å². The first-order valence-corrected chi connectivity index (χ1v) is 10.6. The number of fused-ring (bicyclic) bond motifs is 1. The molecule has 7 heteroatoms. The number of hydrogen-bond acceptors (Lipinski definition) is 5. The number of aromatic nitrogens is 2. The number of nitrogens with zero attached hydrogens (tertiary/aromatic N) is 5. The van der Waals surface area contributed by atoms with Crippen molar-refractivity contribution in [1.29, 1.82) is 0 Å². The molecule has 0 N–H and O–H groups in total. The second-order valence-corrected chi connectivity index (χ2v) is 8.55. The molecule has 0 radical (unpaired) electrons. The standard InChI is InChI=1S/C21H31N5O2/c1-15(27)25-10-7-19-17(14-25)12-22-21(23-19)16-6-9-26(13-16)20(28)11-18-5-3-4-8-24(18)2/h12,16,18H,3-11,13-14H2,1-2H3/t16-,18+/m0/s1. The van der Waals surface area contributed by atoms with Crippen LogP contribution in [0.25, 0.3) is 0 Å². The molecule has 4 rings (SSSR count). The molecule has 2 fully saturated rings. The first-order chi connectivity index (χ1) is 13.5. The maximum absolute atomic E-state index is 12.8. The van der Waals surface area contributed by atoms with Gasteiger partial charge >= 0.3 is 0 Å². The fraction of sp³-hybridized carbons (Fsp3) is 0.714. The van der Waals surface area contributed by atoms with E-state index in [4.69, 9.17) is 4.98 Å². The Morgan fingerprint density at radius 3 is 2.79 bits per heavy atom. The maximum Gasteiger partial charge on any atom is 0.224 e. The van der Waals surface area contributed by atoms with Gasteiger partial charge in [-0.1, -0.05) is 6.42 Å². The first kappa shape index (κ1) is 19.3. The molecular formula is C21H31N5O2. The monoisotopic (exact) mass is 385 g/mol. The molecule has 7 nitrogen and oxygen atoms in total. The second kappa shape index (κ2) is 8.15. The molecule has 0 aromatic carbocycles. The number of rotatable bonds is 3. The predicted octanol–water partition coefficient (Wildman–Crippen LogP) is 1.57. The van der Waals surface area contributed by atoms with Gasteiger partial charge in [-0.05, 0) is 32.9 Å². The van der Waals surface area contributed by atoms with E-state index in [0.717, 1.165) is 62.5 Å². The van der Waals surface area contributed by atoms with Gasteiger partial charge in [0.2, 0.25) is 11.8 Å². The van der Waals surface area contributed by atoms with E-state index in [2.05, 4.69) is 16.9 Å². The molecule has 3 aliphatic rings. The zero-order valence-corrected chi connectivity index (χ0v) is 17.1. The van der Waals surface area contributed by atoms with E-state index in [1.54, 1.807) is 6.92 Å². The Hall–Kier alpha value is -2.02. The van der Waals surface area contributed by atoms with Crippen LogP contribution in [0.1, 0.15) is 62.0 Å². The van der Waals surface area contributed by atoms with Gasteiger partial charge in [-0.2, -0.15) is 0 Å². The molecule has 4 heterocycles. The van der Waals surface area contributed by atoms with E-state index in [0.29, 0.717) is 19.0 Å². The fourth-order valence-electron chi connectivity index (χ4n) is 4.73. The molecule has 0 unspecified atom stereocenters. The minimum absolute atomic E-state index is 0.100. The Kier molecular flexibility index (Phi) is 5.62. The summed E-state index contributed by atoms with van der Waals surface area (Å²) in [6.07, 6.45) is 7.84. The van der Waals surface area contributed by atoms with Crippen LogP contribution in [0, 0.1) is 0 Å². The first-order valence-electron chi connectivity index (χ1n) is 10.6. The van der Waals surface area contributed by atoms with E-state index in [-0.39, 0.29) is 17.7 Å². The topological polar surface area (TPSA) is 69.6 Å². The Balaban J connectivity index is 1.36. The quantitative estimate of drug-likeness (QED) is 0.790. The maximum atomic E-state index is 12.8. The summed E-state index contributed by atoms with van der Waals surface area (Å²) >= 11 is 0. The van der Waals surface area contributed by atoms with E-state index in [1.807, 2.05) is 16.0 Å². The van der Waals surface area contributed by atoms with Crippen molar-refractivity contribution in [1.82, 2.24) is 24.7 Å². The molecule has 2 amide bonds. The molecule has 3 aliphatic heterocycles. The number of likely N-dealkylation sites (tertiary alicyclic amines) is 2. The van der Waals surface area contributed by atoms with Crippen LogP contribution in [-0.2, 0) is 22.6 Å². The molecule has 0 bridgehead atoms. The highest BCUT2D eigenvalue weighted by molar-refractivity contribution is 5.77. The molecular weight excluding hydrogens is 354 g/mol. The van der Waals surface area contributed by atoms with Crippen molar-refractivity contribution < 1.29 is 9.59 Å². The van der Waals surface area contributed by atoms with Crippen LogP contribution in [0.3, 0.4) is 0 Å². The summed E-state index contributed by atoms with van der Waals surface area (Å²) in [6, 6.07) is 0.393. The van der Waals surface area contributed by atoms with Gasteiger partial charge in [0.1, 0.15) is 5.82 Å². The highest BCUT2D eigenvalue weighted by atomic mass is 16.2. The summed E-state index contributed by atoms with van der Waals surface area (Å²) < 4.78 is 0. The third kappa shape index (κ3) is 4.04. The van der Waals surface area contributed by atoms with E-state index in [9.17, 15) is 9.59 Å². The highest BCUT2D eigenvalue weighted by Crippen LogP contribution is 2.28. The van der Waals surface area contributed by atoms with E-state index < -0.39 is 0 Å². The predicted molar refractivity (Wildman–Crippen MR) is 106 cm³/mol. The largest absolute Gasteiger partial charge is 0.342 e. The third-order valence-corrected chi connectivity index (χ3v) is 6.64. The minimum Gasteiger partial charge on any atom is -0.342 e. The van der Waals surface area contributed by atoms with Gasteiger partial charge in [0.25, 0.3) is 0 Å². The Bertz CT molecular complexity index is 752. The molecule has 152 valence electrons. The average Bonchev–Trinajstić information content (AvgIpc) is 3.19. The molecule has 1 aromatic heterocycles. The van der Waals surface area contributed by atoms with Gasteiger partial charge in [0.15, 0.2) is 0 Å². The summed E-state index contributed by atoms with van der Waals surface area (Å²) in [5.74, 6) is 1.46. The van der Waals surface area contributed by atoms with Gasteiger partial charge in [-0.25, -0.2) is 9.97 Å². The van der Waals surface area contributed by atoms with Crippen molar-refractivity contribution in [3.8, 4) is 0 Å². The molecule has 0 spiro atoms. The number of carbonyl (C=O) groups excluding carboxylic acids is 2. The van der Waals surface area contributed by atoms with Crippen molar-refractivity contribution in [2.75, 3.05) is 33.2 Å². The summed E-state index contributed by atoms with van der Waals surface area (Å²) in [6.45, 7) is 5.57. The lowest BCUT2D eigenvalue weighted by molar-refractivity contribution is -0.132. The van der Waals surface area contributed by atoms with Crippen molar-refractivity contribution in [2.45, 2.75) is 64.0 Å². The molecule has 28 heavy (non-hydrogen) atoms. The number of hydrogen-bond donors (Lipinski definition) is 0. The van der Waals surface area contributed by atoms with Crippen molar-refractivity contribution in [3.63, 3.8) is 0 Å². The number of carbonyl (C=O) groups is 2. The van der Waals surface area contributed by atoms with Crippen LogP contribution in [0.4, 0.5) is 0 Å². The Labute approximate surface area is 167 Å². The highest BCUT2D eigenvalue weighted by Gasteiger charge is 2.32. The van der Waals surface area contributed by atoms with E-state index in [1.165, 1.54) is 12.8 Å². The smallest absolute Gasteiger partial charge is 0.224 e. The van der Waals surface area contributed by atoms with Gasteiger partial charge in [-0.15, -0.1) is 0 Å². The number of piperidine rings is 1. The Morgan fingerprint density at radius 2 is 2.00 bits per heavy atom. The summed E-state index contributed by atoms with van der Waals surface area (Å²) in [5, 5.41) is 0. The van der Waals surface area contributed by atoms with Gasteiger partial charge < -0.3 is 14.7 Å². The summed E-state index contributed by atoms with van der Waals surface area (Å²) in [4.78, 5) is 40.0. The van der Waals surface area contributed by atoms with Gasteiger partial charge in [0, 0.05) is 69.7 Å². The van der Waals surface area contributed by atoms with Gasteiger partial charge in [-0.3, -0.25) is 9.59 Å². The van der Waals surface area contributed by atoms with E-state index >= 15 is 0 Å². The average molecular weight is 386 g/mol. The van der Waals surface area contributed by atoms with Crippen molar-refractivity contribution in [3.05, 3.63) is 23.3 Å². The number of amides is 2. The molecule has 0 aliphatic carbocycles. The van der Waals surface area contributed by atoms with Crippen LogP contribution in [-0.4, -0.2) is 75.8 Å². The molecule has 0 saturated carbocycles. The third-order valence-electron chi connectivity index (χ3n) is 6.64. The Morgan fingerprint density at radius 1 is 1.14 bits per heavy atom. The minimum atomic E-state index is 0.100. The van der Waals surface area contributed by atoms with Crippen LogP contribution in [0.5, 0.6) is 0 Å². The zero-order chi connectivity index (χ0) is 19.7. The molecule has 2 atom stereocenters. The van der Waals surface area contributed by atoms with Gasteiger partial charge in [0.05, 0.1) is 5.69 Å². The lowest BCUT2D eigenvalue weighted by Gasteiger charge is -2.33. The SMILES string of the molecule is CC(=O)N1CCc2nc([C@H]3CCN(C(=O)C[C@H]4CCCCN4C)C3)ncc2C1. The summed E-state index contributed by atoms with van der Waals surface area (Å²) in [7, 11) is 2.14. The lowest BCUT2D eigenvalue weighted by Crippen LogP contribution is -2.41. The normalized spacial score (nSPS) is 25.6. The van der Waals surface area contributed by atoms with Crippen molar-refractivity contribution in [2.24, 2.45) is 0 Å². The lowest BCUT2D eigenvalue weighted by atomic mass is 9.99. The van der Waals surface area contributed by atoms with Crippen LogP contribution in [0.2, 0.25) is 0 Å².